The number of Topliss-reactive ketones (excluding diaryl/α,β-unsaturated/α-hetero) is 1. The molecule has 3 aliphatic rings. The van der Waals surface area contributed by atoms with E-state index in [9.17, 15) is 19.5 Å². The molecule has 4 aromatic rings. The number of methoxy groups -OCH3 is 1. The summed E-state index contributed by atoms with van der Waals surface area (Å²) in [5.41, 5.74) is 5.82. The molecule has 1 aromatic carbocycles. The molecule has 0 saturated carbocycles. The van der Waals surface area contributed by atoms with E-state index in [4.69, 9.17) is 24.4 Å². The van der Waals surface area contributed by atoms with E-state index in [1.807, 2.05) is 0 Å². The minimum atomic E-state index is -1.20. The first-order valence-electron chi connectivity index (χ1n) is 10.8. The average Bonchev–Trinajstić information content (AvgIpc) is 3.56. The van der Waals surface area contributed by atoms with Gasteiger partial charge in [-0.1, -0.05) is 0 Å². The van der Waals surface area contributed by atoms with Crippen LogP contribution in [0.1, 0.15) is 40.1 Å². The molecule has 1 aliphatic carbocycles. The normalized spacial score (nSPS) is 24.6. The van der Waals surface area contributed by atoms with Crippen LogP contribution in [0.3, 0.4) is 0 Å². The number of aliphatic hydroxyl groups excluding tert-OH is 1. The zero-order chi connectivity index (χ0) is 24.2. The van der Waals surface area contributed by atoms with Crippen molar-refractivity contribution in [1.82, 2.24) is 19.5 Å². The lowest BCUT2D eigenvalue weighted by molar-refractivity contribution is -0.103. The number of H-pyrrole nitrogens is 1. The van der Waals surface area contributed by atoms with Crippen LogP contribution in [0.5, 0.6) is 11.5 Å². The van der Waals surface area contributed by atoms with E-state index in [-0.39, 0.29) is 40.5 Å². The molecule has 2 aliphatic heterocycles. The molecule has 3 aromatic heterocycles. The molecule has 4 N–H and O–H groups in total. The summed E-state index contributed by atoms with van der Waals surface area (Å²) < 4.78 is 24.6. The van der Waals surface area contributed by atoms with Gasteiger partial charge in [-0.15, -0.1) is 0 Å². The Morgan fingerprint density at radius 3 is 2.91 bits per heavy atom. The number of rotatable bonds is 2. The van der Waals surface area contributed by atoms with Gasteiger partial charge in [0, 0.05) is 12.5 Å². The number of aliphatic hydroxyl groups is 1. The number of nitrogens with zero attached hydrogens (tertiary/aromatic N) is 3. The van der Waals surface area contributed by atoms with Crippen molar-refractivity contribution in [1.29, 1.82) is 0 Å². The number of aromatic amines is 1. The SMILES string of the molecule is COc1cc2c(c3oc(=O)c4c(c13)CCC4=O)C1C(O2)OC(n2cnc3c(=O)[nH]c(N)nc32)C1O. The highest BCUT2D eigenvalue weighted by Crippen LogP contribution is 2.54. The Bertz CT molecular complexity index is 1720. The number of hydrogen-bond acceptors (Lipinski definition) is 11. The molecule has 0 amide bonds. The lowest BCUT2D eigenvalue weighted by Crippen LogP contribution is -2.24. The molecular formula is C22H17N5O8. The van der Waals surface area contributed by atoms with Gasteiger partial charge in [0.05, 0.1) is 30.3 Å². The highest BCUT2D eigenvalue weighted by Gasteiger charge is 2.54. The van der Waals surface area contributed by atoms with E-state index >= 15 is 0 Å². The number of aryl methyl sites for hydroxylation is 1. The molecule has 5 heterocycles. The zero-order valence-corrected chi connectivity index (χ0v) is 18.1. The third-order valence-corrected chi connectivity index (χ3v) is 6.88. The van der Waals surface area contributed by atoms with Gasteiger partial charge in [-0.3, -0.25) is 19.1 Å². The Labute approximate surface area is 194 Å². The summed E-state index contributed by atoms with van der Waals surface area (Å²) in [7, 11) is 1.47. The number of carbonyl (C=O) groups is 1. The van der Waals surface area contributed by atoms with Crippen LogP contribution in [-0.2, 0) is 11.2 Å². The number of imidazole rings is 1. The van der Waals surface area contributed by atoms with E-state index in [0.29, 0.717) is 34.4 Å². The number of nitrogen functional groups attached to an aromatic ring is 1. The van der Waals surface area contributed by atoms with Gasteiger partial charge >= 0.3 is 5.63 Å². The average molecular weight is 479 g/mol. The standard InChI is InChI=1S/C22H17N5O8/c1-32-8-4-9-12(16-11(8)6-2-3-7(28)10(6)20(31)34-16)13-15(29)19(35-21(13)33-9)27-5-24-14-17(27)25-22(23)26-18(14)30/h4-5,13,15,19,21,29H,2-3H2,1H3,(H3,23,25,26,30). The van der Waals surface area contributed by atoms with Crippen molar-refractivity contribution in [3.05, 3.63) is 49.9 Å². The lowest BCUT2D eigenvalue weighted by Gasteiger charge is -2.20. The van der Waals surface area contributed by atoms with Crippen LogP contribution in [0.2, 0.25) is 0 Å². The fourth-order valence-corrected chi connectivity index (χ4v) is 5.41. The Morgan fingerprint density at radius 2 is 2.11 bits per heavy atom. The Morgan fingerprint density at radius 1 is 1.29 bits per heavy atom. The number of hydrogen-bond donors (Lipinski definition) is 3. The number of nitrogens with two attached hydrogens (primary N) is 1. The van der Waals surface area contributed by atoms with Crippen LogP contribution in [0, 0.1) is 0 Å². The van der Waals surface area contributed by atoms with Crippen LogP contribution < -0.4 is 26.4 Å². The fourth-order valence-electron chi connectivity index (χ4n) is 5.41. The van der Waals surface area contributed by atoms with Gasteiger partial charge in [-0.05, 0) is 12.0 Å². The number of ketones is 1. The zero-order valence-electron chi connectivity index (χ0n) is 18.1. The summed E-state index contributed by atoms with van der Waals surface area (Å²) in [4.78, 5) is 47.8. The Balaban J connectivity index is 1.41. The molecule has 7 rings (SSSR count). The second-order valence-corrected chi connectivity index (χ2v) is 8.67. The number of nitrogens with one attached hydrogen (secondary N) is 1. The topological polar surface area (TPSA) is 185 Å². The molecule has 35 heavy (non-hydrogen) atoms. The van der Waals surface area contributed by atoms with Crippen molar-refractivity contribution < 1.29 is 28.5 Å². The number of fused-ring (bicyclic) bond motifs is 8. The molecule has 4 unspecified atom stereocenters. The second kappa shape index (κ2) is 6.67. The van der Waals surface area contributed by atoms with E-state index < -0.39 is 35.7 Å². The molecule has 178 valence electrons. The van der Waals surface area contributed by atoms with Crippen LogP contribution in [-0.4, -0.2) is 49.9 Å². The van der Waals surface area contributed by atoms with Crippen LogP contribution in [0.25, 0.3) is 22.1 Å². The molecule has 13 heteroatoms. The van der Waals surface area contributed by atoms with Crippen molar-refractivity contribution in [3.8, 4) is 11.5 Å². The first kappa shape index (κ1) is 20.2. The summed E-state index contributed by atoms with van der Waals surface area (Å²) in [6.07, 6.45) is -1.23. The summed E-state index contributed by atoms with van der Waals surface area (Å²) in [5.74, 6) is -0.409. The summed E-state index contributed by atoms with van der Waals surface area (Å²) in [5, 5.41) is 11.9. The fraction of sp³-hybridized carbons (Fsp3) is 0.318. The molecular weight excluding hydrogens is 462 g/mol. The van der Waals surface area contributed by atoms with Crippen molar-refractivity contribution >= 4 is 33.9 Å². The van der Waals surface area contributed by atoms with Gasteiger partial charge in [0.25, 0.3) is 5.56 Å². The van der Waals surface area contributed by atoms with Crippen LogP contribution in [0.4, 0.5) is 5.95 Å². The number of aromatic nitrogens is 4. The number of benzene rings is 1. The number of anilines is 1. The minimum Gasteiger partial charge on any atom is -0.496 e. The van der Waals surface area contributed by atoms with E-state index in [1.165, 1.54) is 18.0 Å². The van der Waals surface area contributed by atoms with Crippen molar-refractivity contribution in [2.75, 3.05) is 12.8 Å². The van der Waals surface area contributed by atoms with Crippen LogP contribution in [0.15, 0.2) is 26.4 Å². The predicted octanol–water partition coefficient (Wildman–Crippen LogP) is 0.338. The molecule has 0 bridgehead atoms. The molecule has 4 atom stereocenters. The highest BCUT2D eigenvalue weighted by molar-refractivity contribution is 6.06. The molecule has 13 nitrogen and oxygen atoms in total. The summed E-state index contributed by atoms with van der Waals surface area (Å²) in [6, 6.07) is 1.64. The second-order valence-electron chi connectivity index (χ2n) is 8.67. The lowest BCUT2D eigenvalue weighted by atomic mass is 9.91. The van der Waals surface area contributed by atoms with Crippen molar-refractivity contribution in [2.45, 2.75) is 37.4 Å². The van der Waals surface area contributed by atoms with E-state index in [2.05, 4.69) is 15.0 Å². The highest BCUT2D eigenvalue weighted by atomic mass is 16.7. The van der Waals surface area contributed by atoms with E-state index in [1.54, 1.807) is 6.07 Å². The third kappa shape index (κ3) is 2.50. The van der Waals surface area contributed by atoms with Gasteiger partial charge in [-0.2, -0.15) is 4.98 Å². The smallest absolute Gasteiger partial charge is 0.347 e. The van der Waals surface area contributed by atoms with Crippen molar-refractivity contribution in [3.63, 3.8) is 0 Å². The van der Waals surface area contributed by atoms with Crippen LogP contribution >= 0.6 is 0 Å². The van der Waals surface area contributed by atoms with Gasteiger partial charge < -0.3 is 29.5 Å². The maximum absolute atomic E-state index is 12.7. The first-order valence-corrected chi connectivity index (χ1v) is 10.8. The quantitative estimate of drug-likeness (QED) is 0.337. The third-order valence-electron chi connectivity index (χ3n) is 6.88. The maximum atomic E-state index is 12.7. The van der Waals surface area contributed by atoms with Gasteiger partial charge in [0.2, 0.25) is 12.2 Å². The van der Waals surface area contributed by atoms with Gasteiger partial charge in [-0.25, -0.2) is 9.78 Å². The maximum Gasteiger partial charge on any atom is 0.347 e. The largest absolute Gasteiger partial charge is 0.496 e. The summed E-state index contributed by atoms with van der Waals surface area (Å²) in [6.45, 7) is 0. The van der Waals surface area contributed by atoms with E-state index in [0.717, 1.165) is 0 Å². The van der Waals surface area contributed by atoms with Gasteiger partial charge in [0.1, 0.15) is 28.7 Å². The Kier molecular flexibility index (Phi) is 3.85. The van der Waals surface area contributed by atoms with Crippen molar-refractivity contribution in [2.24, 2.45) is 0 Å². The first-order chi connectivity index (χ1) is 16.9. The Hall–Kier alpha value is -4.23. The predicted molar refractivity (Wildman–Crippen MR) is 118 cm³/mol. The minimum absolute atomic E-state index is 0.0334. The van der Waals surface area contributed by atoms with Gasteiger partial charge in [0.15, 0.2) is 23.2 Å². The molecule has 1 saturated heterocycles. The number of carbonyl (C=O) groups excluding carboxylic acids is 1. The summed E-state index contributed by atoms with van der Waals surface area (Å²) >= 11 is 0. The molecule has 0 spiro atoms. The number of ether oxygens (including phenoxy) is 3. The molecule has 1 fully saturated rings. The molecule has 0 radical (unpaired) electrons. The monoisotopic (exact) mass is 479 g/mol.